The summed E-state index contributed by atoms with van der Waals surface area (Å²) in [7, 11) is 2.07. The highest BCUT2D eigenvalue weighted by atomic mass is 32.9. The Morgan fingerprint density at radius 2 is 1.71 bits per heavy atom. The molecule has 0 spiro atoms. The van der Waals surface area contributed by atoms with Gasteiger partial charge in [0.1, 0.15) is 13.2 Å². The maximum atomic E-state index is 12.8. The maximum absolute atomic E-state index is 12.8. The first-order chi connectivity index (χ1) is 16.4. The highest BCUT2D eigenvalue weighted by Gasteiger charge is 2.45. The molecule has 200 valence electrons. The Morgan fingerprint density at radius 1 is 1.11 bits per heavy atom. The van der Waals surface area contributed by atoms with Gasteiger partial charge < -0.3 is 33.2 Å². The molecule has 16 heteroatoms. The summed E-state index contributed by atoms with van der Waals surface area (Å²) in [5.41, 5.74) is -4.70. The quantitative estimate of drug-likeness (QED) is 0.223. The topological polar surface area (TPSA) is 174 Å². The normalized spacial score (nSPS) is 16.9. The predicted molar refractivity (Wildman–Crippen MR) is 125 cm³/mol. The third-order valence-corrected chi connectivity index (χ3v) is 8.33. The number of ether oxygens (including phenoxy) is 5. The summed E-state index contributed by atoms with van der Waals surface area (Å²) >= 11 is 4.63. The zero-order valence-corrected chi connectivity index (χ0v) is 22.6. The fourth-order valence-electron chi connectivity index (χ4n) is 2.36. The second-order valence-corrected chi connectivity index (χ2v) is 12.1. The minimum atomic E-state index is -1.79. The van der Waals surface area contributed by atoms with Gasteiger partial charge in [0.25, 0.3) is 5.89 Å². The summed E-state index contributed by atoms with van der Waals surface area (Å²) in [5, 5.41) is 12.5. The molecular formula is C19H30NO12PS2. The Labute approximate surface area is 210 Å². The van der Waals surface area contributed by atoms with Gasteiger partial charge in [0.2, 0.25) is 0 Å². The molecule has 0 aliphatic rings. The molecule has 1 heterocycles. The van der Waals surface area contributed by atoms with Crippen LogP contribution in [0.25, 0.3) is 0 Å². The lowest BCUT2D eigenvalue weighted by molar-refractivity contribution is -0.207. The van der Waals surface area contributed by atoms with Gasteiger partial charge in [0, 0.05) is 7.11 Å². The average molecular weight is 560 g/mol. The second kappa shape index (κ2) is 14.1. The number of carbonyl (C=O) groups excluding carboxylic acids is 2. The molecule has 1 aromatic heterocycles. The molecule has 0 saturated carbocycles. The molecule has 0 amide bonds. The zero-order chi connectivity index (χ0) is 26.7. The van der Waals surface area contributed by atoms with Crippen molar-refractivity contribution in [2.45, 2.75) is 50.9 Å². The first-order valence-corrected chi connectivity index (χ1v) is 14.2. The van der Waals surface area contributed by atoms with E-state index in [0.717, 1.165) is 9.50 Å². The molecule has 0 saturated heterocycles. The van der Waals surface area contributed by atoms with E-state index in [-0.39, 0.29) is 38.3 Å². The van der Waals surface area contributed by atoms with Gasteiger partial charge >= 0.3 is 17.8 Å². The van der Waals surface area contributed by atoms with E-state index in [9.17, 15) is 18.9 Å². The molecule has 0 aromatic carbocycles. The lowest BCUT2D eigenvalue weighted by Gasteiger charge is -2.35. The summed E-state index contributed by atoms with van der Waals surface area (Å²) < 4.78 is 47.9. The van der Waals surface area contributed by atoms with Crippen LogP contribution in [0.1, 0.15) is 40.0 Å². The molecule has 1 rings (SSSR count). The number of rotatable bonds is 16. The molecule has 1 aromatic rings. The molecule has 0 radical (unpaired) electrons. The molecule has 0 aliphatic carbocycles. The van der Waals surface area contributed by atoms with E-state index in [4.69, 9.17) is 33.2 Å². The lowest BCUT2D eigenvalue weighted by atomic mass is 10.0. The van der Waals surface area contributed by atoms with E-state index in [1.807, 2.05) is 0 Å². The van der Waals surface area contributed by atoms with Crippen LogP contribution >= 0.6 is 6.58 Å². The number of carbonyl (C=O) groups is 2. The fourth-order valence-corrected chi connectivity index (χ4v) is 3.79. The molecule has 35 heavy (non-hydrogen) atoms. The van der Waals surface area contributed by atoms with Gasteiger partial charge in [0.05, 0.1) is 26.0 Å². The Bertz CT molecular complexity index is 1020. The van der Waals surface area contributed by atoms with E-state index in [1.165, 1.54) is 27.9 Å². The van der Waals surface area contributed by atoms with Crippen molar-refractivity contribution in [2.24, 2.45) is 0 Å². The number of aliphatic hydroxyl groups excluding tert-OH is 1. The van der Waals surface area contributed by atoms with Gasteiger partial charge in [0.15, 0.2) is 23.4 Å². The number of esters is 2. The van der Waals surface area contributed by atoms with Gasteiger partial charge in [-0.05, 0) is 53.0 Å². The highest BCUT2D eigenvalue weighted by Crippen LogP contribution is 2.28. The SMILES string of the molecule is CCC(C)(OCC(C)(OCC(C)(OC)c1noc(=O)o1)C(=O)OCCO)C(=O)OCCP(=O)=S=S. The Balaban J connectivity index is 3.04. The Morgan fingerprint density at radius 3 is 2.23 bits per heavy atom. The van der Waals surface area contributed by atoms with Crippen LogP contribution in [0.3, 0.4) is 0 Å². The Kier molecular flexibility index (Phi) is 12.6. The molecule has 1 N–H and O–H groups in total. The van der Waals surface area contributed by atoms with Crippen LogP contribution in [0.5, 0.6) is 0 Å². The third-order valence-electron chi connectivity index (χ3n) is 5.07. The van der Waals surface area contributed by atoms with Crippen LogP contribution in [-0.2, 0) is 64.1 Å². The molecular weight excluding hydrogens is 529 g/mol. The van der Waals surface area contributed by atoms with Gasteiger partial charge in [-0.15, -0.1) is 0 Å². The molecule has 4 unspecified atom stereocenters. The summed E-state index contributed by atoms with van der Waals surface area (Å²) in [6.45, 7) is 2.60. The number of nitrogens with zero attached hydrogens (tertiary/aromatic N) is 1. The van der Waals surface area contributed by atoms with Gasteiger partial charge in [-0.1, -0.05) is 6.92 Å². The highest BCUT2D eigenvalue weighted by molar-refractivity contribution is 8.32. The molecule has 4 atom stereocenters. The van der Waals surface area contributed by atoms with E-state index < -0.39 is 54.4 Å². The second-order valence-electron chi connectivity index (χ2n) is 7.79. The van der Waals surface area contributed by atoms with E-state index in [2.05, 4.69) is 20.9 Å². The predicted octanol–water partition coefficient (Wildman–Crippen LogP) is 0.816. The monoisotopic (exact) mass is 559 g/mol. The number of aromatic nitrogens is 1. The van der Waals surface area contributed by atoms with Crippen molar-refractivity contribution >= 4 is 39.2 Å². The average Bonchev–Trinajstić information content (AvgIpc) is 3.30. The smallest absolute Gasteiger partial charge is 0.463 e. The van der Waals surface area contributed by atoms with Gasteiger partial charge in [-0.2, -0.15) is 0 Å². The van der Waals surface area contributed by atoms with E-state index >= 15 is 0 Å². The van der Waals surface area contributed by atoms with Crippen LogP contribution < -0.4 is 5.82 Å². The summed E-state index contributed by atoms with van der Waals surface area (Å²) in [6, 6.07) is 0. The number of hydrogen-bond donors (Lipinski definition) is 1. The lowest BCUT2D eigenvalue weighted by Crippen LogP contribution is -2.51. The Hall–Kier alpha value is -1.74. The minimum Gasteiger partial charge on any atom is -0.463 e. The third kappa shape index (κ3) is 9.01. The molecule has 0 fully saturated rings. The van der Waals surface area contributed by atoms with E-state index in [0.29, 0.717) is 0 Å². The van der Waals surface area contributed by atoms with Crippen LogP contribution in [-0.4, -0.2) is 79.7 Å². The van der Waals surface area contributed by atoms with Crippen LogP contribution in [0.2, 0.25) is 0 Å². The van der Waals surface area contributed by atoms with Crippen LogP contribution in [0.4, 0.5) is 0 Å². The summed E-state index contributed by atoms with van der Waals surface area (Å²) in [4.78, 5) is 36.7. The van der Waals surface area contributed by atoms with Crippen molar-refractivity contribution in [3.05, 3.63) is 16.5 Å². The zero-order valence-electron chi connectivity index (χ0n) is 20.1. The van der Waals surface area contributed by atoms with Crippen molar-refractivity contribution in [2.75, 3.05) is 46.3 Å². The largest absolute Gasteiger partial charge is 0.542 e. The van der Waals surface area contributed by atoms with Crippen molar-refractivity contribution in [1.82, 2.24) is 5.16 Å². The van der Waals surface area contributed by atoms with Crippen molar-refractivity contribution in [3.8, 4) is 0 Å². The first kappa shape index (κ1) is 31.3. The number of aliphatic hydroxyl groups is 1. The van der Waals surface area contributed by atoms with E-state index in [1.54, 1.807) is 6.92 Å². The van der Waals surface area contributed by atoms with Gasteiger partial charge in [-0.25, -0.2) is 14.4 Å². The van der Waals surface area contributed by atoms with Gasteiger partial charge in [-0.3, -0.25) is 9.09 Å². The fraction of sp³-hybridized carbons (Fsp3) is 0.789. The van der Waals surface area contributed by atoms with Crippen LogP contribution in [0.15, 0.2) is 13.7 Å². The molecule has 0 aliphatic heterocycles. The van der Waals surface area contributed by atoms with Crippen molar-refractivity contribution < 1.29 is 51.9 Å². The summed E-state index contributed by atoms with van der Waals surface area (Å²) in [6.07, 6.45) is 0.270. The molecule has 13 nitrogen and oxygen atoms in total. The number of hydrogen-bond acceptors (Lipinski definition) is 14. The minimum absolute atomic E-state index is 0.0944. The summed E-state index contributed by atoms with van der Waals surface area (Å²) in [5.74, 6) is -2.90. The maximum Gasteiger partial charge on any atom is 0.542 e. The van der Waals surface area contributed by atoms with Crippen molar-refractivity contribution in [3.63, 3.8) is 0 Å². The van der Waals surface area contributed by atoms with Crippen LogP contribution in [0, 0.1) is 0 Å². The first-order valence-electron chi connectivity index (χ1n) is 10.4. The number of methoxy groups -OCH3 is 1. The van der Waals surface area contributed by atoms with Crippen molar-refractivity contribution in [1.29, 1.82) is 0 Å². The molecule has 0 bridgehead atoms. The standard InChI is InChI=1S/C19H30NO12PS2/c1-6-17(2,14(22)28-9-10-33(25)35-34)29-12-19(4,15(23)27-8-7-21)30-11-18(3,26-5)13-20-32-16(24)31-13/h21H,6-12H2,1-5H3.